The quantitative estimate of drug-likeness (QED) is 0.594. The van der Waals surface area contributed by atoms with E-state index in [4.69, 9.17) is 4.74 Å². The van der Waals surface area contributed by atoms with Crippen molar-refractivity contribution >= 4 is 17.5 Å². The summed E-state index contributed by atoms with van der Waals surface area (Å²) < 4.78 is 5.23. The Balaban J connectivity index is 1.54. The third-order valence-electron chi connectivity index (χ3n) is 5.16. The van der Waals surface area contributed by atoms with E-state index in [1.807, 2.05) is 30.3 Å². The summed E-state index contributed by atoms with van der Waals surface area (Å²) in [5, 5.41) is 0. The average molecular weight is 328 g/mol. The van der Waals surface area contributed by atoms with E-state index in [-0.39, 0.29) is 17.5 Å². The van der Waals surface area contributed by atoms with Crippen molar-refractivity contribution in [2.45, 2.75) is 57.5 Å². The van der Waals surface area contributed by atoms with E-state index in [1.54, 1.807) is 0 Å². The maximum Gasteiger partial charge on any atom is 0.325 e. The lowest BCUT2D eigenvalue weighted by Gasteiger charge is -2.21. The molecule has 24 heavy (non-hydrogen) atoms. The van der Waals surface area contributed by atoms with Crippen LogP contribution in [0.4, 0.5) is 0 Å². The molecule has 1 aromatic carbocycles. The number of benzene rings is 1. The van der Waals surface area contributed by atoms with Crippen LogP contribution in [0.3, 0.4) is 0 Å². The zero-order valence-corrected chi connectivity index (χ0v) is 13.9. The fraction of sp³-hybridized carbons (Fsp3) is 0.550. The van der Waals surface area contributed by atoms with E-state index in [0.717, 1.165) is 44.9 Å². The normalized spacial score (nSPS) is 24.8. The van der Waals surface area contributed by atoms with Gasteiger partial charge in [-0.15, -0.1) is 0 Å². The second-order valence-corrected chi connectivity index (χ2v) is 6.88. The van der Waals surface area contributed by atoms with Gasteiger partial charge < -0.3 is 4.74 Å². The smallest absolute Gasteiger partial charge is 0.325 e. The lowest BCUT2D eigenvalue weighted by Crippen LogP contribution is -2.33. The molecule has 1 saturated heterocycles. The highest BCUT2D eigenvalue weighted by Gasteiger charge is 2.48. The lowest BCUT2D eigenvalue weighted by atomic mass is 9.80. The van der Waals surface area contributed by atoms with Gasteiger partial charge in [-0.25, -0.2) is 0 Å². The van der Waals surface area contributed by atoms with Crippen LogP contribution in [0.2, 0.25) is 0 Å². The van der Waals surface area contributed by atoms with Crippen molar-refractivity contribution in [2.75, 3.05) is 0 Å². The third kappa shape index (κ3) is 3.74. The molecule has 1 saturated carbocycles. The first kappa shape index (κ1) is 16.9. The van der Waals surface area contributed by atoms with E-state index >= 15 is 0 Å². The molecule has 0 radical (unpaired) electrons. The SMILES string of the molecule is O=C1OC(CCCc2ccccc2)C(=O)C1C(=O)C1CCCCC1. The molecule has 2 unspecified atom stereocenters. The van der Waals surface area contributed by atoms with Crippen LogP contribution in [0, 0.1) is 11.8 Å². The van der Waals surface area contributed by atoms with Gasteiger partial charge in [0.2, 0.25) is 0 Å². The number of hydrogen-bond donors (Lipinski definition) is 0. The maximum absolute atomic E-state index is 12.5. The summed E-state index contributed by atoms with van der Waals surface area (Å²) in [5.74, 6) is -2.43. The molecule has 0 bridgehead atoms. The van der Waals surface area contributed by atoms with Crippen molar-refractivity contribution in [2.24, 2.45) is 11.8 Å². The molecule has 2 aliphatic rings. The van der Waals surface area contributed by atoms with Gasteiger partial charge in [0.15, 0.2) is 23.6 Å². The Labute approximate surface area is 142 Å². The number of aryl methyl sites for hydroxylation is 1. The molecule has 1 aromatic rings. The van der Waals surface area contributed by atoms with Crippen LogP contribution in [0.15, 0.2) is 30.3 Å². The van der Waals surface area contributed by atoms with Crippen LogP contribution >= 0.6 is 0 Å². The summed E-state index contributed by atoms with van der Waals surface area (Å²) in [7, 11) is 0. The van der Waals surface area contributed by atoms with Crippen LogP contribution in [0.1, 0.15) is 50.5 Å². The van der Waals surface area contributed by atoms with E-state index in [0.29, 0.717) is 6.42 Å². The molecule has 3 rings (SSSR count). The molecule has 1 heterocycles. The molecule has 0 spiro atoms. The monoisotopic (exact) mass is 328 g/mol. The molecule has 1 aliphatic carbocycles. The molecule has 4 heteroatoms. The Morgan fingerprint density at radius 2 is 1.75 bits per heavy atom. The molecule has 128 valence electrons. The van der Waals surface area contributed by atoms with Gasteiger partial charge in [0, 0.05) is 5.92 Å². The minimum Gasteiger partial charge on any atom is -0.453 e. The zero-order chi connectivity index (χ0) is 16.9. The van der Waals surface area contributed by atoms with Crippen LogP contribution in [0.25, 0.3) is 0 Å². The molecular weight excluding hydrogens is 304 g/mol. The van der Waals surface area contributed by atoms with Crippen molar-refractivity contribution in [3.63, 3.8) is 0 Å². The van der Waals surface area contributed by atoms with Gasteiger partial charge in [-0.1, -0.05) is 49.6 Å². The maximum atomic E-state index is 12.5. The largest absolute Gasteiger partial charge is 0.453 e. The van der Waals surface area contributed by atoms with E-state index < -0.39 is 18.0 Å². The van der Waals surface area contributed by atoms with Gasteiger partial charge in [0.1, 0.15) is 0 Å². The number of carbonyl (C=O) groups excluding carboxylic acids is 3. The summed E-state index contributed by atoms with van der Waals surface area (Å²) >= 11 is 0. The van der Waals surface area contributed by atoms with Crippen molar-refractivity contribution in [1.29, 1.82) is 0 Å². The Bertz CT molecular complexity index is 601. The fourth-order valence-corrected chi connectivity index (χ4v) is 3.78. The van der Waals surface area contributed by atoms with Gasteiger partial charge in [0.05, 0.1) is 0 Å². The van der Waals surface area contributed by atoms with Crippen LogP contribution in [-0.4, -0.2) is 23.6 Å². The molecule has 1 aliphatic heterocycles. The molecular formula is C20H24O4. The Morgan fingerprint density at radius 1 is 1.04 bits per heavy atom. The second-order valence-electron chi connectivity index (χ2n) is 6.88. The van der Waals surface area contributed by atoms with Crippen molar-refractivity contribution in [3.8, 4) is 0 Å². The van der Waals surface area contributed by atoms with Crippen molar-refractivity contribution in [1.82, 2.24) is 0 Å². The number of Topliss-reactive ketones (excluding diaryl/α,β-unsaturated/α-hetero) is 2. The molecule has 2 atom stereocenters. The molecule has 0 aromatic heterocycles. The predicted molar refractivity (Wildman–Crippen MR) is 89.3 cm³/mol. The van der Waals surface area contributed by atoms with Crippen molar-refractivity contribution in [3.05, 3.63) is 35.9 Å². The van der Waals surface area contributed by atoms with Gasteiger partial charge in [-0.05, 0) is 37.7 Å². The highest BCUT2D eigenvalue weighted by molar-refractivity contribution is 6.22. The van der Waals surface area contributed by atoms with E-state index in [9.17, 15) is 14.4 Å². The van der Waals surface area contributed by atoms with Crippen LogP contribution in [0.5, 0.6) is 0 Å². The third-order valence-corrected chi connectivity index (χ3v) is 5.16. The van der Waals surface area contributed by atoms with E-state index in [2.05, 4.69) is 0 Å². The Hall–Kier alpha value is -1.97. The average Bonchev–Trinajstić information content (AvgIpc) is 2.90. The number of ether oxygens (including phenoxy) is 1. The number of rotatable bonds is 6. The van der Waals surface area contributed by atoms with Gasteiger partial charge in [0.25, 0.3) is 0 Å². The Kier molecular flexibility index (Phi) is 5.44. The first-order chi connectivity index (χ1) is 11.7. The summed E-state index contributed by atoms with van der Waals surface area (Å²) in [5.41, 5.74) is 1.20. The topological polar surface area (TPSA) is 60.4 Å². The van der Waals surface area contributed by atoms with E-state index in [1.165, 1.54) is 5.56 Å². The Morgan fingerprint density at radius 3 is 2.46 bits per heavy atom. The molecule has 0 amide bonds. The van der Waals surface area contributed by atoms with Gasteiger partial charge >= 0.3 is 5.97 Å². The van der Waals surface area contributed by atoms with Crippen LogP contribution in [-0.2, 0) is 25.5 Å². The fourth-order valence-electron chi connectivity index (χ4n) is 3.78. The highest BCUT2D eigenvalue weighted by Crippen LogP contribution is 2.31. The minimum absolute atomic E-state index is 0.136. The minimum atomic E-state index is -1.16. The predicted octanol–water partition coefficient (Wildman–Crippen LogP) is 3.27. The number of esters is 1. The lowest BCUT2D eigenvalue weighted by molar-refractivity contribution is -0.148. The standard InChI is InChI=1S/C20H24O4/c21-18(15-11-5-2-6-12-15)17-19(22)16(24-20(17)23)13-7-10-14-8-3-1-4-9-14/h1,3-4,8-9,15-17H,2,5-7,10-13H2. The molecule has 0 N–H and O–H groups in total. The van der Waals surface area contributed by atoms with Gasteiger partial charge in [-0.2, -0.15) is 0 Å². The summed E-state index contributed by atoms with van der Waals surface area (Å²) in [6, 6.07) is 10.0. The second kappa shape index (κ2) is 7.73. The highest BCUT2D eigenvalue weighted by atomic mass is 16.6. The number of cyclic esters (lactones) is 1. The number of carbonyl (C=O) groups is 3. The summed E-state index contributed by atoms with van der Waals surface area (Å²) in [6.07, 6.45) is 6.10. The van der Waals surface area contributed by atoms with Crippen LogP contribution < -0.4 is 0 Å². The summed E-state index contributed by atoms with van der Waals surface area (Å²) in [4.78, 5) is 37.1. The molecule has 4 nitrogen and oxygen atoms in total. The summed E-state index contributed by atoms with van der Waals surface area (Å²) in [6.45, 7) is 0. The number of hydrogen-bond acceptors (Lipinski definition) is 4. The van der Waals surface area contributed by atoms with Crippen molar-refractivity contribution < 1.29 is 19.1 Å². The molecule has 2 fully saturated rings. The zero-order valence-electron chi connectivity index (χ0n) is 13.9. The first-order valence-corrected chi connectivity index (χ1v) is 8.98. The van der Waals surface area contributed by atoms with Gasteiger partial charge in [-0.3, -0.25) is 14.4 Å². The first-order valence-electron chi connectivity index (χ1n) is 8.98. The number of ketones is 2.